The molecule has 0 aliphatic carbocycles. The van der Waals surface area contributed by atoms with Gasteiger partial charge in [-0.15, -0.1) is 0 Å². The predicted molar refractivity (Wildman–Crippen MR) is 153 cm³/mol. The van der Waals surface area contributed by atoms with Crippen molar-refractivity contribution in [2.45, 2.75) is 13.5 Å². The van der Waals surface area contributed by atoms with Crippen molar-refractivity contribution >= 4 is 29.7 Å². The lowest BCUT2D eigenvalue weighted by Crippen LogP contribution is -2.18. The molecule has 0 aromatic heterocycles. The molecule has 1 amide bonds. The van der Waals surface area contributed by atoms with Crippen LogP contribution in [0.2, 0.25) is 5.02 Å². The Bertz CT molecular complexity index is 1490. The molecule has 0 saturated heterocycles. The molecule has 0 heterocycles. The highest BCUT2D eigenvalue weighted by Gasteiger charge is 2.14. The molecule has 1 N–H and O–H groups in total. The van der Waals surface area contributed by atoms with Gasteiger partial charge in [0.25, 0.3) is 5.91 Å². The first-order chi connectivity index (χ1) is 19.5. The lowest BCUT2D eigenvalue weighted by Gasteiger charge is -2.12. The van der Waals surface area contributed by atoms with Crippen LogP contribution >= 0.6 is 11.6 Å². The third-order valence-corrected chi connectivity index (χ3v) is 5.87. The van der Waals surface area contributed by atoms with Crippen LogP contribution in [0.1, 0.15) is 38.8 Å². The van der Waals surface area contributed by atoms with E-state index in [0.29, 0.717) is 45.6 Å². The zero-order chi connectivity index (χ0) is 28.3. The van der Waals surface area contributed by atoms with Crippen LogP contribution in [0, 0.1) is 0 Å². The second-order valence-electron chi connectivity index (χ2n) is 8.37. The molecule has 0 aliphatic rings. The van der Waals surface area contributed by atoms with Gasteiger partial charge in [-0.2, -0.15) is 5.10 Å². The van der Waals surface area contributed by atoms with E-state index in [-0.39, 0.29) is 12.4 Å². The van der Waals surface area contributed by atoms with Crippen LogP contribution < -0.4 is 24.4 Å². The van der Waals surface area contributed by atoms with E-state index < -0.39 is 11.9 Å². The number of esters is 1. The Morgan fingerprint density at radius 2 is 1.62 bits per heavy atom. The second kappa shape index (κ2) is 13.8. The highest BCUT2D eigenvalue weighted by atomic mass is 35.5. The van der Waals surface area contributed by atoms with E-state index in [2.05, 4.69) is 10.5 Å². The van der Waals surface area contributed by atoms with Crippen LogP contribution in [0.3, 0.4) is 0 Å². The number of rotatable bonds is 11. The minimum atomic E-state index is -0.533. The summed E-state index contributed by atoms with van der Waals surface area (Å²) in [5.41, 5.74) is 4.77. The summed E-state index contributed by atoms with van der Waals surface area (Å²) in [6.45, 7) is 2.46. The molecule has 0 fully saturated rings. The summed E-state index contributed by atoms with van der Waals surface area (Å²) in [4.78, 5) is 25.4. The standard InChI is InChI=1S/C31H27ClN2O6/c1-3-38-29-18-22(10-17-28(29)40-31(36)23-11-15-25(37-2)16-12-23)19-33-34-30(35)26-6-4-5-7-27(26)39-20-21-8-13-24(32)14-9-21/h4-19H,3,20H2,1-2H3,(H,34,35)/b33-19-. The van der Waals surface area contributed by atoms with Crippen LogP contribution in [0.25, 0.3) is 0 Å². The fourth-order valence-corrected chi connectivity index (χ4v) is 3.72. The van der Waals surface area contributed by atoms with E-state index in [4.69, 9.17) is 30.5 Å². The van der Waals surface area contributed by atoms with Gasteiger partial charge in [-0.25, -0.2) is 10.2 Å². The summed E-state index contributed by atoms with van der Waals surface area (Å²) in [5, 5.41) is 4.71. The molecule has 0 spiro atoms. The number of nitrogens with zero attached hydrogens (tertiary/aromatic N) is 1. The zero-order valence-electron chi connectivity index (χ0n) is 21.9. The summed E-state index contributed by atoms with van der Waals surface area (Å²) in [6.07, 6.45) is 1.46. The number of ether oxygens (including phenoxy) is 4. The maximum atomic E-state index is 12.8. The number of carbonyl (C=O) groups excluding carboxylic acids is 2. The molecule has 0 unspecified atom stereocenters. The highest BCUT2D eigenvalue weighted by molar-refractivity contribution is 6.30. The SMILES string of the molecule is CCOc1cc(/C=N\NC(=O)c2ccccc2OCc2ccc(Cl)cc2)ccc1OC(=O)c1ccc(OC)cc1. The summed E-state index contributed by atoms with van der Waals surface area (Å²) in [5.74, 6) is 0.714. The van der Waals surface area contributed by atoms with Gasteiger partial charge < -0.3 is 18.9 Å². The average Bonchev–Trinajstić information content (AvgIpc) is 2.98. The van der Waals surface area contributed by atoms with Crippen molar-refractivity contribution in [1.82, 2.24) is 5.43 Å². The Labute approximate surface area is 237 Å². The van der Waals surface area contributed by atoms with Crippen molar-refractivity contribution in [3.8, 4) is 23.0 Å². The van der Waals surface area contributed by atoms with Crippen LogP contribution in [0.15, 0.2) is 96.1 Å². The van der Waals surface area contributed by atoms with Gasteiger partial charge in [0.15, 0.2) is 11.5 Å². The molecular weight excluding hydrogens is 532 g/mol. The number of hydrogen-bond donors (Lipinski definition) is 1. The first-order valence-corrected chi connectivity index (χ1v) is 12.8. The maximum absolute atomic E-state index is 12.8. The lowest BCUT2D eigenvalue weighted by atomic mass is 10.2. The Kier molecular flexibility index (Phi) is 9.74. The predicted octanol–water partition coefficient (Wildman–Crippen LogP) is 6.31. The first kappa shape index (κ1) is 28.2. The molecule has 4 aromatic carbocycles. The van der Waals surface area contributed by atoms with Crippen molar-refractivity contribution in [3.63, 3.8) is 0 Å². The minimum absolute atomic E-state index is 0.260. The van der Waals surface area contributed by atoms with Gasteiger partial charge >= 0.3 is 5.97 Å². The average molecular weight is 559 g/mol. The van der Waals surface area contributed by atoms with E-state index >= 15 is 0 Å². The molecule has 40 heavy (non-hydrogen) atoms. The monoisotopic (exact) mass is 558 g/mol. The summed E-state index contributed by atoms with van der Waals surface area (Å²) < 4.78 is 22.2. The van der Waals surface area contributed by atoms with Gasteiger partial charge in [0.1, 0.15) is 18.1 Å². The number of benzene rings is 4. The maximum Gasteiger partial charge on any atom is 0.343 e. The quantitative estimate of drug-likeness (QED) is 0.100. The smallest absolute Gasteiger partial charge is 0.343 e. The summed E-state index contributed by atoms with van der Waals surface area (Å²) >= 11 is 5.93. The van der Waals surface area contributed by atoms with E-state index in [0.717, 1.165) is 5.56 Å². The van der Waals surface area contributed by atoms with Crippen LogP contribution in [0.4, 0.5) is 0 Å². The molecule has 8 nitrogen and oxygen atoms in total. The number of carbonyl (C=O) groups is 2. The molecule has 4 aromatic rings. The van der Waals surface area contributed by atoms with Crippen molar-refractivity contribution in [2.24, 2.45) is 5.10 Å². The number of halogens is 1. The third kappa shape index (κ3) is 7.61. The van der Waals surface area contributed by atoms with Crippen molar-refractivity contribution in [1.29, 1.82) is 0 Å². The Morgan fingerprint density at radius 1 is 0.875 bits per heavy atom. The molecule has 0 saturated carbocycles. The van der Waals surface area contributed by atoms with E-state index in [9.17, 15) is 9.59 Å². The van der Waals surface area contributed by atoms with Gasteiger partial charge in [-0.3, -0.25) is 4.79 Å². The molecule has 4 rings (SSSR count). The van der Waals surface area contributed by atoms with Gasteiger partial charge in [0, 0.05) is 5.02 Å². The van der Waals surface area contributed by atoms with E-state index in [1.54, 1.807) is 86.0 Å². The number of para-hydroxylation sites is 1. The van der Waals surface area contributed by atoms with Crippen LogP contribution in [0.5, 0.6) is 23.0 Å². The van der Waals surface area contributed by atoms with Crippen LogP contribution in [-0.2, 0) is 6.61 Å². The number of hydrogen-bond acceptors (Lipinski definition) is 7. The number of amides is 1. The second-order valence-corrected chi connectivity index (χ2v) is 8.80. The molecular formula is C31H27ClN2O6. The van der Waals surface area contributed by atoms with Gasteiger partial charge in [0.05, 0.1) is 31.1 Å². The van der Waals surface area contributed by atoms with Gasteiger partial charge in [-0.05, 0) is 84.8 Å². The normalized spacial score (nSPS) is 10.7. The Hall–Kier alpha value is -4.82. The zero-order valence-corrected chi connectivity index (χ0v) is 22.7. The molecule has 0 atom stereocenters. The Balaban J connectivity index is 1.40. The molecule has 0 aliphatic heterocycles. The van der Waals surface area contributed by atoms with E-state index in [1.807, 2.05) is 19.1 Å². The summed E-state index contributed by atoms with van der Waals surface area (Å²) in [6, 6.07) is 25.7. The molecule has 204 valence electrons. The fraction of sp³-hybridized carbons (Fsp3) is 0.129. The number of nitrogens with one attached hydrogen (secondary N) is 1. The summed E-state index contributed by atoms with van der Waals surface area (Å²) in [7, 11) is 1.55. The Morgan fingerprint density at radius 3 is 2.35 bits per heavy atom. The third-order valence-electron chi connectivity index (χ3n) is 5.61. The van der Waals surface area contributed by atoms with Crippen LogP contribution in [-0.4, -0.2) is 31.8 Å². The number of hydrazone groups is 1. The van der Waals surface area contributed by atoms with Crippen molar-refractivity contribution in [2.75, 3.05) is 13.7 Å². The molecule has 9 heteroatoms. The minimum Gasteiger partial charge on any atom is -0.497 e. The van der Waals surface area contributed by atoms with Gasteiger partial charge in [-0.1, -0.05) is 35.9 Å². The lowest BCUT2D eigenvalue weighted by molar-refractivity contribution is 0.0728. The highest BCUT2D eigenvalue weighted by Crippen LogP contribution is 2.29. The van der Waals surface area contributed by atoms with E-state index in [1.165, 1.54) is 6.21 Å². The van der Waals surface area contributed by atoms with Gasteiger partial charge in [0.2, 0.25) is 0 Å². The molecule has 0 bridgehead atoms. The number of methoxy groups -OCH3 is 1. The molecule has 0 radical (unpaired) electrons. The largest absolute Gasteiger partial charge is 0.497 e. The topological polar surface area (TPSA) is 95.5 Å². The van der Waals surface area contributed by atoms with Crippen molar-refractivity contribution < 1.29 is 28.5 Å². The van der Waals surface area contributed by atoms with Crippen molar-refractivity contribution in [3.05, 3.63) is 118 Å². The fourth-order valence-electron chi connectivity index (χ4n) is 3.59. The first-order valence-electron chi connectivity index (χ1n) is 12.4.